The van der Waals surface area contributed by atoms with Crippen molar-refractivity contribution in [3.8, 4) is 5.75 Å². The Morgan fingerprint density at radius 1 is 1.16 bits per heavy atom. The molecule has 2 aromatic carbocycles. The first-order valence-corrected chi connectivity index (χ1v) is 11.4. The minimum absolute atomic E-state index is 0.0199. The molecule has 9 heteroatoms. The van der Waals surface area contributed by atoms with Crippen LogP contribution in [0, 0.1) is 5.92 Å². The van der Waals surface area contributed by atoms with E-state index in [9.17, 15) is 26.4 Å². The van der Waals surface area contributed by atoms with Gasteiger partial charge in [-0.05, 0) is 62.1 Å². The predicted octanol–water partition coefficient (Wildman–Crippen LogP) is 5.01. The maximum absolute atomic E-state index is 12.9. The molecule has 1 fully saturated rings. The van der Waals surface area contributed by atoms with Crippen molar-refractivity contribution in [2.45, 2.75) is 56.8 Å². The van der Waals surface area contributed by atoms with Crippen LogP contribution >= 0.6 is 0 Å². The molecule has 0 bridgehead atoms. The van der Waals surface area contributed by atoms with Crippen LogP contribution in [-0.2, 0) is 27.6 Å². The molecule has 2 aromatic rings. The van der Waals surface area contributed by atoms with E-state index in [1.807, 2.05) is 13.8 Å². The number of carbonyl (C=O) groups excluding carboxylic acids is 1. The van der Waals surface area contributed by atoms with E-state index in [1.54, 1.807) is 17.0 Å². The summed E-state index contributed by atoms with van der Waals surface area (Å²) in [6.45, 7) is 4.24. The molecule has 0 spiro atoms. The highest BCUT2D eigenvalue weighted by molar-refractivity contribution is 7.87. The third-order valence-corrected chi connectivity index (χ3v) is 6.48. The third kappa shape index (κ3) is 5.78. The maximum atomic E-state index is 12.9. The van der Waals surface area contributed by atoms with Gasteiger partial charge in [0.05, 0.1) is 5.56 Å². The van der Waals surface area contributed by atoms with E-state index < -0.39 is 26.8 Å². The standard InChI is InChI=1S/C22H24F3NO4S/c1-3-15(2)26(21(27)17-10-11-17)14-16-6-4-8-19(12-16)30-31(28,29)20-9-5-7-18(13-20)22(23,24)25/h4-9,12-13,15,17H,3,10-11,14H2,1-2H3. The smallest absolute Gasteiger partial charge is 0.379 e. The summed E-state index contributed by atoms with van der Waals surface area (Å²) in [7, 11) is -4.46. The Labute approximate surface area is 179 Å². The number of alkyl halides is 3. The average molecular weight is 455 g/mol. The highest BCUT2D eigenvalue weighted by atomic mass is 32.2. The van der Waals surface area contributed by atoms with E-state index in [0.717, 1.165) is 37.5 Å². The van der Waals surface area contributed by atoms with Gasteiger partial charge >= 0.3 is 16.3 Å². The summed E-state index contributed by atoms with van der Waals surface area (Å²) in [4.78, 5) is 13.8. The Hall–Kier alpha value is -2.55. The molecule has 0 aromatic heterocycles. The highest BCUT2D eigenvalue weighted by Crippen LogP contribution is 2.33. The van der Waals surface area contributed by atoms with Gasteiger partial charge in [-0.3, -0.25) is 4.79 Å². The number of hydrogen-bond donors (Lipinski definition) is 0. The van der Waals surface area contributed by atoms with Crippen LogP contribution in [0.5, 0.6) is 5.75 Å². The second-order valence-electron chi connectivity index (χ2n) is 7.71. The Kier molecular flexibility index (Phi) is 6.64. The van der Waals surface area contributed by atoms with Crippen LogP contribution in [-0.4, -0.2) is 25.3 Å². The first-order chi connectivity index (χ1) is 14.5. The molecule has 1 aliphatic rings. The molecule has 1 unspecified atom stereocenters. The number of hydrogen-bond acceptors (Lipinski definition) is 4. The van der Waals surface area contributed by atoms with Gasteiger partial charge in [-0.1, -0.05) is 25.1 Å². The van der Waals surface area contributed by atoms with Crippen LogP contribution in [0.4, 0.5) is 13.2 Å². The quantitative estimate of drug-likeness (QED) is 0.525. The number of benzene rings is 2. The van der Waals surface area contributed by atoms with Crippen molar-refractivity contribution in [2.75, 3.05) is 0 Å². The van der Waals surface area contributed by atoms with Crippen molar-refractivity contribution in [3.05, 3.63) is 59.7 Å². The van der Waals surface area contributed by atoms with E-state index in [4.69, 9.17) is 4.18 Å². The van der Waals surface area contributed by atoms with E-state index in [1.165, 1.54) is 12.1 Å². The Balaban J connectivity index is 1.80. The van der Waals surface area contributed by atoms with Crippen molar-refractivity contribution < 1.29 is 30.6 Å². The molecule has 0 heterocycles. The van der Waals surface area contributed by atoms with Gasteiger partial charge in [-0.25, -0.2) is 0 Å². The first kappa shape index (κ1) is 23.1. The van der Waals surface area contributed by atoms with Crippen molar-refractivity contribution in [1.82, 2.24) is 4.90 Å². The van der Waals surface area contributed by atoms with Gasteiger partial charge in [0.2, 0.25) is 5.91 Å². The minimum Gasteiger partial charge on any atom is -0.379 e. The molecular weight excluding hydrogens is 431 g/mol. The lowest BCUT2D eigenvalue weighted by atomic mass is 10.1. The van der Waals surface area contributed by atoms with E-state index in [-0.39, 0.29) is 23.6 Å². The zero-order valence-corrected chi connectivity index (χ0v) is 18.0. The molecule has 5 nitrogen and oxygen atoms in total. The maximum Gasteiger partial charge on any atom is 0.416 e. The molecule has 0 radical (unpaired) electrons. The van der Waals surface area contributed by atoms with E-state index in [0.29, 0.717) is 18.2 Å². The molecule has 0 aliphatic heterocycles. The van der Waals surface area contributed by atoms with Crippen molar-refractivity contribution >= 4 is 16.0 Å². The van der Waals surface area contributed by atoms with Crippen LogP contribution in [0.25, 0.3) is 0 Å². The highest BCUT2D eigenvalue weighted by Gasteiger charge is 2.35. The lowest BCUT2D eigenvalue weighted by Gasteiger charge is -2.29. The minimum atomic E-state index is -4.67. The molecule has 31 heavy (non-hydrogen) atoms. The normalized spacial score (nSPS) is 15.4. The van der Waals surface area contributed by atoms with Crippen LogP contribution < -0.4 is 4.18 Å². The molecule has 0 saturated heterocycles. The van der Waals surface area contributed by atoms with Crippen LogP contribution in [0.15, 0.2) is 53.4 Å². The lowest BCUT2D eigenvalue weighted by Crippen LogP contribution is -2.38. The largest absolute Gasteiger partial charge is 0.416 e. The fourth-order valence-electron chi connectivity index (χ4n) is 3.13. The number of halogens is 3. The van der Waals surface area contributed by atoms with Crippen molar-refractivity contribution in [1.29, 1.82) is 0 Å². The molecule has 168 valence electrons. The van der Waals surface area contributed by atoms with E-state index >= 15 is 0 Å². The van der Waals surface area contributed by atoms with Crippen LogP contribution in [0.2, 0.25) is 0 Å². The summed E-state index contributed by atoms with van der Waals surface area (Å²) in [6.07, 6.45) is -2.13. The number of amides is 1. The molecule has 1 saturated carbocycles. The topological polar surface area (TPSA) is 63.7 Å². The summed E-state index contributed by atoms with van der Waals surface area (Å²) in [5.74, 6) is 0.102. The molecule has 0 N–H and O–H groups in total. The Bertz CT molecular complexity index is 1050. The monoisotopic (exact) mass is 455 g/mol. The van der Waals surface area contributed by atoms with Crippen molar-refractivity contribution in [2.24, 2.45) is 5.92 Å². The van der Waals surface area contributed by atoms with Gasteiger partial charge in [0.25, 0.3) is 0 Å². The van der Waals surface area contributed by atoms with Crippen LogP contribution in [0.3, 0.4) is 0 Å². The summed E-state index contributed by atoms with van der Waals surface area (Å²) >= 11 is 0. The molecule has 1 aliphatic carbocycles. The number of carbonyl (C=O) groups is 1. The summed E-state index contributed by atoms with van der Waals surface area (Å²) in [6, 6.07) is 9.65. The van der Waals surface area contributed by atoms with Crippen molar-refractivity contribution in [3.63, 3.8) is 0 Å². The second kappa shape index (κ2) is 8.90. The van der Waals surface area contributed by atoms with Gasteiger partial charge in [0, 0.05) is 18.5 Å². The number of nitrogens with zero attached hydrogens (tertiary/aromatic N) is 1. The fourth-order valence-corrected chi connectivity index (χ4v) is 4.10. The second-order valence-corrected chi connectivity index (χ2v) is 9.25. The van der Waals surface area contributed by atoms with Gasteiger partial charge in [-0.15, -0.1) is 0 Å². The Morgan fingerprint density at radius 3 is 2.45 bits per heavy atom. The first-order valence-electron chi connectivity index (χ1n) is 10.0. The van der Waals surface area contributed by atoms with Gasteiger partial charge < -0.3 is 9.08 Å². The molecule has 1 atom stereocenters. The van der Waals surface area contributed by atoms with Gasteiger partial charge in [-0.2, -0.15) is 21.6 Å². The van der Waals surface area contributed by atoms with Gasteiger partial charge in [0.15, 0.2) is 0 Å². The summed E-state index contributed by atoms with van der Waals surface area (Å²) < 4.78 is 68.9. The number of rotatable bonds is 8. The van der Waals surface area contributed by atoms with Crippen LogP contribution in [0.1, 0.15) is 44.2 Å². The zero-order chi connectivity index (χ0) is 22.8. The fraction of sp³-hybridized carbons (Fsp3) is 0.409. The molecular formula is C22H24F3NO4S. The zero-order valence-electron chi connectivity index (χ0n) is 17.2. The SMILES string of the molecule is CCC(C)N(Cc1cccc(OS(=O)(=O)c2cccc(C(F)(F)F)c2)c1)C(=O)C1CC1. The molecule has 1 amide bonds. The summed E-state index contributed by atoms with van der Waals surface area (Å²) in [5, 5.41) is 0. The lowest BCUT2D eigenvalue weighted by molar-refractivity contribution is -0.138. The molecule has 3 rings (SSSR count). The summed E-state index contributed by atoms with van der Waals surface area (Å²) in [5.41, 5.74) is -0.403. The predicted molar refractivity (Wildman–Crippen MR) is 109 cm³/mol. The van der Waals surface area contributed by atoms with E-state index in [2.05, 4.69) is 0 Å². The Morgan fingerprint density at radius 2 is 1.84 bits per heavy atom. The average Bonchev–Trinajstić information content (AvgIpc) is 3.56. The third-order valence-electron chi connectivity index (χ3n) is 5.24. The van der Waals surface area contributed by atoms with Gasteiger partial charge in [0.1, 0.15) is 10.6 Å².